The summed E-state index contributed by atoms with van der Waals surface area (Å²) in [5.41, 5.74) is 2.09. The molecule has 7 nitrogen and oxygen atoms in total. The summed E-state index contributed by atoms with van der Waals surface area (Å²) in [5, 5.41) is 16.9. The molecule has 0 saturated carbocycles. The number of aromatic hydroxyl groups is 1. The summed E-state index contributed by atoms with van der Waals surface area (Å²) in [5.74, 6) is -0.325. The molecule has 1 aliphatic heterocycles. The van der Waals surface area contributed by atoms with E-state index in [1.165, 1.54) is 6.07 Å². The molecule has 2 heterocycles. The van der Waals surface area contributed by atoms with E-state index in [0.29, 0.717) is 43.7 Å². The van der Waals surface area contributed by atoms with Gasteiger partial charge in [-0.25, -0.2) is 0 Å². The molecule has 7 heteroatoms. The van der Waals surface area contributed by atoms with Crippen molar-refractivity contribution in [3.63, 3.8) is 0 Å². The predicted molar refractivity (Wildman–Crippen MR) is 113 cm³/mol. The van der Waals surface area contributed by atoms with Gasteiger partial charge in [0.1, 0.15) is 5.75 Å². The van der Waals surface area contributed by atoms with Gasteiger partial charge in [-0.3, -0.25) is 14.3 Å². The molecule has 0 atom stereocenters. The fourth-order valence-electron chi connectivity index (χ4n) is 3.67. The number of likely N-dealkylation sites (tertiary alicyclic amines) is 1. The molecule has 1 fully saturated rings. The fraction of sp³-hybridized carbons (Fsp3) is 0.261. The summed E-state index contributed by atoms with van der Waals surface area (Å²) >= 11 is 0. The van der Waals surface area contributed by atoms with Gasteiger partial charge in [0, 0.05) is 25.2 Å². The topological polar surface area (TPSA) is 87.5 Å². The van der Waals surface area contributed by atoms with Gasteiger partial charge in [0.15, 0.2) is 0 Å². The van der Waals surface area contributed by atoms with Crippen molar-refractivity contribution in [1.29, 1.82) is 0 Å². The van der Waals surface area contributed by atoms with Gasteiger partial charge >= 0.3 is 0 Å². The third-order valence-electron chi connectivity index (χ3n) is 5.38. The Kier molecular flexibility index (Phi) is 5.79. The molecule has 4 rings (SSSR count). The van der Waals surface area contributed by atoms with E-state index in [0.717, 1.165) is 5.56 Å². The van der Waals surface area contributed by atoms with Gasteiger partial charge in [-0.15, -0.1) is 0 Å². The molecule has 30 heavy (non-hydrogen) atoms. The van der Waals surface area contributed by atoms with Crippen molar-refractivity contribution in [2.45, 2.75) is 19.4 Å². The molecule has 0 unspecified atom stereocenters. The molecule has 1 aliphatic rings. The van der Waals surface area contributed by atoms with Crippen LogP contribution in [0.5, 0.6) is 5.75 Å². The Morgan fingerprint density at radius 1 is 1.03 bits per heavy atom. The van der Waals surface area contributed by atoms with E-state index in [2.05, 4.69) is 10.4 Å². The largest absolute Gasteiger partial charge is 0.506 e. The molecule has 1 aromatic heterocycles. The first-order valence-corrected chi connectivity index (χ1v) is 10.0. The highest BCUT2D eigenvalue weighted by Crippen LogP contribution is 2.25. The number of piperidine rings is 1. The van der Waals surface area contributed by atoms with Crippen molar-refractivity contribution >= 4 is 17.5 Å². The monoisotopic (exact) mass is 404 g/mol. The third-order valence-corrected chi connectivity index (χ3v) is 5.38. The number of anilines is 1. The van der Waals surface area contributed by atoms with Crippen LogP contribution in [0.4, 0.5) is 5.69 Å². The van der Waals surface area contributed by atoms with Gasteiger partial charge in [0.2, 0.25) is 5.91 Å². The lowest BCUT2D eigenvalue weighted by atomic mass is 9.95. The number of nitrogens with zero attached hydrogens (tertiary/aromatic N) is 3. The number of phenols is 1. The van der Waals surface area contributed by atoms with E-state index in [4.69, 9.17) is 0 Å². The molecule has 2 N–H and O–H groups in total. The summed E-state index contributed by atoms with van der Waals surface area (Å²) in [6.07, 6.45) is 4.54. The molecular formula is C23H24N4O3. The van der Waals surface area contributed by atoms with E-state index in [1.54, 1.807) is 40.2 Å². The van der Waals surface area contributed by atoms with Crippen molar-refractivity contribution < 1.29 is 14.7 Å². The summed E-state index contributed by atoms with van der Waals surface area (Å²) < 4.78 is 1.76. The standard InChI is InChI=1S/C23H24N4O3/c28-21-9-5-4-8-20(21)25-22(29)18-10-12-26(13-11-18)23(30)19-14-24-27(16-19)15-17-6-2-1-3-7-17/h1-9,14,16,18,28H,10-13,15H2,(H,25,29). The Bertz CT molecular complexity index is 1020. The molecule has 2 aromatic carbocycles. The second kappa shape index (κ2) is 8.82. The number of benzene rings is 2. The van der Waals surface area contributed by atoms with Crippen LogP contribution in [-0.4, -0.2) is 44.7 Å². The van der Waals surface area contributed by atoms with E-state index in [1.807, 2.05) is 30.3 Å². The quantitative estimate of drug-likeness (QED) is 0.640. The van der Waals surface area contributed by atoms with Gasteiger partial charge in [0.05, 0.1) is 24.0 Å². The maximum absolute atomic E-state index is 12.8. The van der Waals surface area contributed by atoms with Crippen LogP contribution in [-0.2, 0) is 11.3 Å². The summed E-state index contributed by atoms with van der Waals surface area (Å²) in [6, 6.07) is 16.6. The number of rotatable bonds is 5. The van der Waals surface area contributed by atoms with E-state index in [9.17, 15) is 14.7 Å². The van der Waals surface area contributed by atoms with Gasteiger partial charge in [-0.05, 0) is 30.5 Å². The van der Waals surface area contributed by atoms with E-state index < -0.39 is 0 Å². The van der Waals surface area contributed by atoms with Crippen molar-refractivity contribution in [3.8, 4) is 5.75 Å². The number of carbonyl (C=O) groups excluding carboxylic acids is 2. The summed E-state index contributed by atoms with van der Waals surface area (Å²) in [4.78, 5) is 27.1. The third kappa shape index (κ3) is 4.51. The first-order valence-electron chi connectivity index (χ1n) is 10.0. The van der Waals surface area contributed by atoms with E-state index in [-0.39, 0.29) is 23.5 Å². The smallest absolute Gasteiger partial charge is 0.257 e. The minimum atomic E-state index is -0.186. The molecule has 3 aromatic rings. The van der Waals surface area contributed by atoms with Crippen molar-refractivity contribution in [2.24, 2.45) is 5.92 Å². The highest BCUT2D eigenvalue weighted by atomic mass is 16.3. The molecule has 0 aliphatic carbocycles. The highest BCUT2D eigenvalue weighted by molar-refractivity contribution is 5.95. The van der Waals surface area contributed by atoms with Crippen LogP contribution in [0, 0.1) is 5.92 Å². The Hall–Kier alpha value is -3.61. The van der Waals surface area contributed by atoms with Gasteiger partial charge in [-0.2, -0.15) is 5.10 Å². The van der Waals surface area contributed by atoms with Crippen molar-refractivity contribution in [1.82, 2.24) is 14.7 Å². The molecule has 0 spiro atoms. The Morgan fingerprint density at radius 2 is 1.73 bits per heavy atom. The molecule has 0 radical (unpaired) electrons. The summed E-state index contributed by atoms with van der Waals surface area (Å²) in [6.45, 7) is 1.64. The number of amides is 2. The number of nitrogens with one attached hydrogen (secondary N) is 1. The number of para-hydroxylation sites is 2. The van der Waals surface area contributed by atoms with Gasteiger partial charge in [0.25, 0.3) is 5.91 Å². The lowest BCUT2D eigenvalue weighted by molar-refractivity contribution is -0.121. The molecule has 154 valence electrons. The number of hydrogen-bond acceptors (Lipinski definition) is 4. The van der Waals surface area contributed by atoms with E-state index >= 15 is 0 Å². The molecule has 0 bridgehead atoms. The zero-order chi connectivity index (χ0) is 20.9. The van der Waals surface area contributed by atoms with Gasteiger partial charge < -0.3 is 15.3 Å². The van der Waals surface area contributed by atoms with Crippen molar-refractivity contribution in [3.05, 3.63) is 78.1 Å². The van der Waals surface area contributed by atoms with Crippen LogP contribution in [0.1, 0.15) is 28.8 Å². The number of phenolic OH excluding ortho intramolecular Hbond substituents is 1. The SMILES string of the molecule is O=C(Nc1ccccc1O)C1CCN(C(=O)c2cnn(Cc3ccccc3)c2)CC1. The number of aromatic nitrogens is 2. The van der Waals surface area contributed by atoms with Crippen molar-refractivity contribution in [2.75, 3.05) is 18.4 Å². The first-order chi connectivity index (χ1) is 14.6. The van der Waals surface area contributed by atoms with Crippen LogP contribution in [0.25, 0.3) is 0 Å². The van der Waals surface area contributed by atoms with Gasteiger partial charge in [-0.1, -0.05) is 42.5 Å². The molecule has 2 amide bonds. The van der Waals surface area contributed by atoms with Crippen LogP contribution in [0.2, 0.25) is 0 Å². The maximum Gasteiger partial charge on any atom is 0.257 e. The average Bonchev–Trinajstić information content (AvgIpc) is 3.24. The Balaban J connectivity index is 1.31. The number of hydrogen-bond donors (Lipinski definition) is 2. The highest BCUT2D eigenvalue weighted by Gasteiger charge is 2.28. The minimum absolute atomic E-state index is 0.0472. The Morgan fingerprint density at radius 3 is 2.47 bits per heavy atom. The van der Waals surface area contributed by atoms with Crippen LogP contribution < -0.4 is 5.32 Å². The van der Waals surface area contributed by atoms with Crippen LogP contribution in [0.3, 0.4) is 0 Å². The zero-order valence-corrected chi connectivity index (χ0v) is 16.6. The number of carbonyl (C=O) groups is 2. The second-order valence-corrected chi connectivity index (χ2v) is 7.49. The minimum Gasteiger partial charge on any atom is -0.506 e. The Labute approximate surface area is 174 Å². The van der Waals surface area contributed by atoms with Crippen LogP contribution >= 0.6 is 0 Å². The lowest BCUT2D eigenvalue weighted by Gasteiger charge is -2.31. The average molecular weight is 404 g/mol. The molecule has 1 saturated heterocycles. The normalized spacial score (nSPS) is 14.5. The predicted octanol–water partition coefficient (Wildman–Crippen LogP) is 3.13. The second-order valence-electron chi connectivity index (χ2n) is 7.49. The maximum atomic E-state index is 12.8. The van der Waals surface area contributed by atoms with Crippen LogP contribution in [0.15, 0.2) is 67.0 Å². The lowest BCUT2D eigenvalue weighted by Crippen LogP contribution is -2.41. The fourth-order valence-corrected chi connectivity index (χ4v) is 3.67. The molecular weight excluding hydrogens is 380 g/mol. The summed E-state index contributed by atoms with van der Waals surface area (Å²) in [7, 11) is 0. The zero-order valence-electron chi connectivity index (χ0n) is 16.6. The first kappa shape index (κ1) is 19.7.